The van der Waals surface area contributed by atoms with Crippen LogP contribution in [0.4, 0.5) is 18.9 Å². The molecule has 2 rings (SSSR count). The van der Waals surface area contributed by atoms with E-state index in [0.717, 1.165) is 11.6 Å². The number of hydrogen-bond donors (Lipinski definition) is 2. The van der Waals surface area contributed by atoms with Crippen molar-refractivity contribution in [1.82, 2.24) is 5.32 Å². The summed E-state index contributed by atoms with van der Waals surface area (Å²) in [5.74, 6) is 0. The average Bonchev–Trinajstić information content (AvgIpc) is 2.46. The third-order valence-electron chi connectivity index (χ3n) is 2.85. The van der Waals surface area contributed by atoms with Crippen molar-refractivity contribution in [2.24, 2.45) is 0 Å². The quantitative estimate of drug-likeness (QED) is 0.779. The third kappa shape index (κ3) is 4.61. The molecular weight excluding hydrogens is 333 g/mol. The molecule has 0 aliphatic heterocycles. The molecule has 0 aliphatic rings. The molecule has 2 aromatic carbocycles. The van der Waals surface area contributed by atoms with Crippen LogP contribution in [0.2, 0.25) is 5.02 Å². The monoisotopic (exact) mass is 344 g/mol. The number of para-hydroxylation sites is 1. The molecule has 0 spiro atoms. The van der Waals surface area contributed by atoms with Crippen LogP contribution in [0.25, 0.3) is 0 Å². The molecule has 0 radical (unpaired) electrons. The molecule has 0 bridgehead atoms. The van der Waals surface area contributed by atoms with Gasteiger partial charge in [0.2, 0.25) is 0 Å². The Kier molecular flexibility index (Phi) is 5.26. The van der Waals surface area contributed by atoms with Gasteiger partial charge in [-0.1, -0.05) is 35.9 Å². The number of anilines is 1. The highest BCUT2D eigenvalue weighted by atomic mass is 35.5. The number of alkyl halides is 3. The van der Waals surface area contributed by atoms with Gasteiger partial charge in [-0.15, -0.1) is 0 Å². The van der Waals surface area contributed by atoms with Crippen LogP contribution in [-0.4, -0.2) is 5.11 Å². The van der Waals surface area contributed by atoms with Crippen molar-refractivity contribution in [2.45, 2.75) is 12.7 Å². The van der Waals surface area contributed by atoms with E-state index in [1.54, 1.807) is 12.1 Å². The third-order valence-corrected chi connectivity index (χ3v) is 3.35. The Morgan fingerprint density at radius 3 is 2.32 bits per heavy atom. The van der Waals surface area contributed by atoms with Crippen LogP contribution in [-0.2, 0) is 12.7 Å². The zero-order valence-electron chi connectivity index (χ0n) is 11.2. The van der Waals surface area contributed by atoms with E-state index in [1.807, 2.05) is 12.1 Å². The van der Waals surface area contributed by atoms with Gasteiger partial charge < -0.3 is 10.6 Å². The lowest BCUT2D eigenvalue weighted by Gasteiger charge is -2.15. The summed E-state index contributed by atoms with van der Waals surface area (Å²) in [4.78, 5) is 0. The second-order valence-electron chi connectivity index (χ2n) is 4.48. The predicted molar refractivity (Wildman–Crippen MR) is 86.0 cm³/mol. The van der Waals surface area contributed by atoms with E-state index < -0.39 is 11.7 Å². The molecule has 2 nitrogen and oxygen atoms in total. The first kappa shape index (κ1) is 16.6. The van der Waals surface area contributed by atoms with Gasteiger partial charge in [0.15, 0.2) is 5.11 Å². The molecule has 0 saturated heterocycles. The van der Waals surface area contributed by atoms with Gasteiger partial charge in [-0.05, 0) is 42.0 Å². The molecule has 22 heavy (non-hydrogen) atoms. The second-order valence-corrected chi connectivity index (χ2v) is 5.32. The predicted octanol–water partition coefficient (Wildman–Crippen LogP) is 4.85. The first-order valence-corrected chi connectivity index (χ1v) is 7.10. The summed E-state index contributed by atoms with van der Waals surface area (Å²) in [5.41, 5.74) is 0.0758. The molecule has 0 aliphatic carbocycles. The average molecular weight is 345 g/mol. The first-order valence-electron chi connectivity index (χ1n) is 6.32. The molecule has 7 heteroatoms. The van der Waals surface area contributed by atoms with Crippen LogP contribution < -0.4 is 10.6 Å². The number of hydrogen-bond acceptors (Lipinski definition) is 1. The smallest absolute Gasteiger partial charge is 0.358 e. The fourth-order valence-corrected chi connectivity index (χ4v) is 2.10. The Balaban J connectivity index is 1.99. The van der Waals surface area contributed by atoms with E-state index in [2.05, 4.69) is 10.6 Å². The molecule has 0 saturated carbocycles. The summed E-state index contributed by atoms with van der Waals surface area (Å²) in [5, 5.41) is 6.16. The molecule has 0 heterocycles. The molecular formula is C15H12ClF3N2S. The summed E-state index contributed by atoms with van der Waals surface area (Å²) in [6.07, 6.45) is -4.44. The number of benzene rings is 2. The van der Waals surface area contributed by atoms with E-state index >= 15 is 0 Å². The van der Waals surface area contributed by atoms with Crippen LogP contribution in [0.15, 0.2) is 48.5 Å². The van der Waals surface area contributed by atoms with Crippen LogP contribution >= 0.6 is 23.8 Å². The summed E-state index contributed by atoms with van der Waals surface area (Å²) in [6.45, 7) is 0.386. The van der Waals surface area contributed by atoms with Crippen molar-refractivity contribution < 1.29 is 13.2 Å². The van der Waals surface area contributed by atoms with Crippen LogP contribution in [0, 0.1) is 0 Å². The van der Waals surface area contributed by atoms with Gasteiger partial charge in [-0.25, -0.2) is 0 Å². The zero-order valence-corrected chi connectivity index (χ0v) is 12.8. The van der Waals surface area contributed by atoms with E-state index in [0.29, 0.717) is 11.6 Å². The fraction of sp³-hybridized carbons (Fsp3) is 0.133. The van der Waals surface area contributed by atoms with Crippen molar-refractivity contribution in [1.29, 1.82) is 0 Å². The number of thiocarbonyl (C=S) groups is 1. The minimum absolute atomic E-state index is 0.0800. The Morgan fingerprint density at radius 2 is 1.68 bits per heavy atom. The molecule has 0 amide bonds. The molecule has 0 fully saturated rings. The largest absolute Gasteiger partial charge is 0.418 e. The molecule has 2 aromatic rings. The summed E-state index contributed by atoms with van der Waals surface area (Å²) in [7, 11) is 0. The summed E-state index contributed by atoms with van der Waals surface area (Å²) >= 11 is 10.8. The fourth-order valence-electron chi connectivity index (χ4n) is 1.79. The van der Waals surface area contributed by atoms with E-state index in [1.165, 1.54) is 18.2 Å². The number of nitrogens with one attached hydrogen (secondary N) is 2. The highest BCUT2D eigenvalue weighted by molar-refractivity contribution is 7.80. The summed E-state index contributed by atoms with van der Waals surface area (Å²) < 4.78 is 38.6. The standard InChI is InChI=1S/C15H12ClF3N2S/c16-11-7-5-10(6-8-11)9-20-14(22)21-13-4-2-1-3-12(13)15(17,18)19/h1-8H,9H2,(H2,20,21,22). The van der Waals surface area contributed by atoms with Crippen molar-refractivity contribution >= 4 is 34.6 Å². The molecule has 0 unspecified atom stereocenters. The minimum atomic E-state index is -4.44. The normalized spacial score (nSPS) is 11.1. The Morgan fingerprint density at radius 1 is 1.05 bits per heavy atom. The maximum atomic E-state index is 12.9. The number of halogens is 4. The lowest BCUT2D eigenvalue weighted by molar-refractivity contribution is -0.136. The number of rotatable bonds is 3. The van der Waals surface area contributed by atoms with Crippen molar-refractivity contribution in [3.05, 3.63) is 64.7 Å². The zero-order chi connectivity index (χ0) is 16.2. The molecule has 116 valence electrons. The Bertz CT molecular complexity index is 657. The maximum Gasteiger partial charge on any atom is 0.418 e. The van der Waals surface area contributed by atoms with Crippen molar-refractivity contribution in [3.8, 4) is 0 Å². The molecule has 0 atom stereocenters. The lowest BCUT2D eigenvalue weighted by Crippen LogP contribution is -2.28. The highest BCUT2D eigenvalue weighted by Gasteiger charge is 2.33. The van der Waals surface area contributed by atoms with Gasteiger partial charge in [-0.3, -0.25) is 0 Å². The maximum absolute atomic E-state index is 12.9. The van der Waals surface area contributed by atoms with Gasteiger partial charge in [-0.2, -0.15) is 13.2 Å². The topological polar surface area (TPSA) is 24.1 Å². The van der Waals surface area contributed by atoms with Gasteiger partial charge >= 0.3 is 6.18 Å². The Labute approximate surface area is 136 Å². The minimum Gasteiger partial charge on any atom is -0.358 e. The highest BCUT2D eigenvalue weighted by Crippen LogP contribution is 2.34. The molecule has 0 aromatic heterocycles. The van der Waals surface area contributed by atoms with E-state index in [-0.39, 0.29) is 10.8 Å². The van der Waals surface area contributed by atoms with Crippen LogP contribution in [0.3, 0.4) is 0 Å². The first-order chi connectivity index (χ1) is 10.4. The van der Waals surface area contributed by atoms with E-state index in [9.17, 15) is 13.2 Å². The van der Waals surface area contributed by atoms with Crippen LogP contribution in [0.1, 0.15) is 11.1 Å². The van der Waals surface area contributed by atoms with Gasteiger partial charge in [0.1, 0.15) is 0 Å². The van der Waals surface area contributed by atoms with Crippen molar-refractivity contribution in [3.63, 3.8) is 0 Å². The Hall–Kier alpha value is -1.79. The van der Waals surface area contributed by atoms with Gasteiger partial charge in [0.25, 0.3) is 0 Å². The summed E-state index contributed by atoms with van der Waals surface area (Å²) in [6, 6.07) is 12.3. The van der Waals surface area contributed by atoms with E-state index in [4.69, 9.17) is 23.8 Å². The van der Waals surface area contributed by atoms with Gasteiger partial charge in [0.05, 0.1) is 11.3 Å². The second kappa shape index (κ2) is 6.98. The SMILES string of the molecule is FC(F)(F)c1ccccc1NC(=S)NCc1ccc(Cl)cc1. The molecule has 2 N–H and O–H groups in total. The van der Waals surface area contributed by atoms with Crippen LogP contribution in [0.5, 0.6) is 0 Å². The van der Waals surface area contributed by atoms with Gasteiger partial charge in [0, 0.05) is 11.6 Å². The van der Waals surface area contributed by atoms with Crippen molar-refractivity contribution in [2.75, 3.05) is 5.32 Å². The lowest BCUT2D eigenvalue weighted by atomic mass is 10.1.